The van der Waals surface area contributed by atoms with E-state index in [0.29, 0.717) is 17.4 Å². The van der Waals surface area contributed by atoms with Crippen molar-refractivity contribution in [3.8, 4) is 0 Å². The summed E-state index contributed by atoms with van der Waals surface area (Å²) in [6.45, 7) is 4.61. The van der Waals surface area contributed by atoms with Gasteiger partial charge in [0.2, 0.25) is 0 Å². The first-order chi connectivity index (χ1) is 38.6. The van der Waals surface area contributed by atoms with Crippen LogP contribution < -0.4 is 0 Å². The molecule has 2 atom stereocenters. The van der Waals surface area contributed by atoms with Gasteiger partial charge in [-0.2, -0.15) is 0 Å². The highest BCUT2D eigenvalue weighted by Crippen LogP contribution is 2.15. The summed E-state index contributed by atoms with van der Waals surface area (Å²) in [6.07, 6.45) is 83.6. The molecule has 0 aromatic carbocycles. The second-order valence-corrected chi connectivity index (χ2v) is 21.2. The maximum atomic E-state index is 12.9. The third-order valence-corrected chi connectivity index (χ3v) is 12.6. The van der Waals surface area contributed by atoms with Gasteiger partial charge in [-0.1, -0.05) is 237 Å². The molecule has 1 N–H and O–H groups in total. The van der Waals surface area contributed by atoms with Crippen molar-refractivity contribution in [3.63, 3.8) is 0 Å². The zero-order valence-electron chi connectivity index (χ0n) is 50.7. The number of carbonyl (C=O) groups excluding carboxylic acids is 2. The summed E-state index contributed by atoms with van der Waals surface area (Å²) >= 11 is 0. The van der Waals surface area contributed by atoms with E-state index < -0.39 is 24.3 Å². The minimum Gasteiger partial charge on any atom is -0.477 e. The van der Waals surface area contributed by atoms with Gasteiger partial charge in [0.25, 0.3) is 6.29 Å². The van der Waals surface area contributed by atoms with Crippen LogP contribution in [-0.2, 0) is 33.3 Å². The SMILES string of the molecule is CC/C=C\C/C=C\C/C=C\C/C=C\C/C=C\C/C=C\C/C=C\C/C=C\CCCCCCCCCCCCC(=O)OC(COC(=O)CCCCCCCC/C=C\C/C=C\C/C=C\C/C=C\CC)COC(OCC[N+](C)(C)C)C(=O)O. The fraction of sp³-hybridized carbons (Fsp3) is 0.614. The van der Waals surface area contributed by atoms with E-state index in [2.05, 4.69) is 160 Å². The summed E-state index contributed by atoms with van der Waals surface area (Å²) < 4.78 is 22.9. The lowest BCUT2D eigenvalue weighted by Gasteiger charge is -2.25. The average molecular weight is 1100 g/mol. The Morgan fingerprint density at radius 1 is 0.380 bits per heavy atom. The number of carboxylic acid groups (broad SMARTS) is 1. The van der Waals surface area contributed by atoms with Gasteiger partial charge < -0.3 is 28.5 Å². The minimum absolute atomic E-state index is 0.176. The van der Waals surface area contributed by atoms with Gasteiger partial charge in [-0.25, -0.2) is 4.79 Å². The van der Waals surface area contributed by atoms with Crippen molar-refractivity contribution in [2.75, 3.05) is 47.5 Å². The van der Waals surface area contributed by atoms with Crippen LogP contribution in [0.15, 0.2) is 146 Å². The Morgan fingerprint density at radius 3 is 1.01 bits per heavy atom. The summed E-state index contributed by atoms with van der Waals surface area (Å²) in [7, 11) is 5.95. The van der Waals surface area contributed by atoms with E-state index in [9.17, 15) is 19.5 Å². The Balaban J connectivity index is 4.24. The van der Waals surface area contributed by atoms with Crippen LogP contribution in [0, 0.1) is 0 Å². The molecule has 0 radical (unpaired) electrons. The minimum atomic E-state index is -1.52. The second-order valence-electron chi connectivity index (χ2n) is 21.2. The molecule has 79 heavy (non-hydrogen) atoms. The van der Waals surface area contributed by atoms with Crippen molar-refractivity contribution in [3.05, 3.63) is 146 Å². The van der Waals surface area contributed by atoms with Crippen molar-refractivity contribution in [1.82, 2.24) is 0 Å². The van der Waals surface area contributed by atoms with Crippen LogP contribution in [0.5, 0.6) is 0 Å². The molecule has 0 aliphatic rings. The average Bonchev–Trinajstić information content (AvgIpc) is 3.42. The number of likely N-dealkylation sites (N-methyl/N-ethyl adjacent to an activating group) is 1. The number of rotatable bonds is 55. The third-order valence-electron chi connectivity index (χ3n) is 12.6. The number of allylic oxidation sites excluding steroid dienone is 24. The van der Waals surface area contributed by atoms with Gasteiger partial charge in [0.05, 0.1) is 34.4 Å². The molecule has 0 aromatic rings. The zero-order valence-corrected chi connectivity index (χ0v) is 50.7. The quantitative estimate of drug-likeness (QED) is 0.0211. The Bertz CT molecular complexity index is 1800. The number of esters is 2. The molecule has 2 unspecified atom stereocenters. The van der Waals surface area contributed by atoms with Crippen molar-refractivity contribution in [2.45, 2.75) is 232 Å². The fourth-order valence-corrected chi connectivity index (χ4v) is 7.90. The van der Waals surface area contributed by atoms with Crippen LogP contribution in [0.25, 0.3) is 0 Å². The Kier molecular flexibility index (Phi) is 55.7. The summed E-state index contributed by atoms with van der Waals surface area (Å²) in [5.74, 6) is -2.04. The topological polar surface area (TPSA) is 108 Å². The van der Waals surface area contributed by atoms with Gasteiger partial charge >= 0.3 is 17.9 Å². The van der Waals surface area contributed by atoms with Gasteiger partial charge in [0.15, 0.2) is 6.10 Å². The molecule has 0 rings (SSSR count). The molecule has 0 saturated heterocycles. The number of ether oxygens (including phenoxy) is 4. The van der Waals surface area contributed by atoms with E-state index in [0.717, 1.165) is 148 Å². The molecule has 0 aliphatic heterocycles. The van der Waals surface area contributed by atoms with Crippen LogP contribution in [0.3, 0.4) is 0 Å². The lowest BCUT2D eigenvalue weighted by molar-refractivity contribution is -0.870. The maximum absolute atomic E-state index is 12.9. The number of hydrogen-bond donors (Lipinski definition) is 1. The molecule has 0 fully saturated rings. The van der Waals surface area contributed by atoms with Crippen molar-refractivity contribution < 1.29 is 42.9 Å². The van der Waals surface area contributed by atoms with E-state index in [4.69, 9.17) is 18.9 Å². The maximum Gasteiger partial charge on any atom is 0.361 e. The highest BCUT2D eigenvalue weighted by atomic mass is 16.7. The smallest absolute Gasteiger partial charge is 0.361 e. The molecule has 0 amide bonds. The van der Waals surface area contributed by atoms with E-state index in [-0.39, 0.29) is 38.6 Å². The van der Waals surface area contributed by atoms with Crippen LogP contribution in [0.4, 0.5) is 0 Å². The molecular weight excluding hydrogens is 983 g/mol. The first kappa shape index (κ1) is 74.2. The van der Waals surface area contributed by atoms with E-state index in [1.165, 1.54) is 38.5 Å². The van der Waals surface area contributed by atoms with Gasteiger partial charge in [0, 0.05) is 12.8 Å². The predicted molar refractivity (Wildman–Crippen MR) is 336 cm³/mol. The Labute approximate surface area is 483 Å². The first-order valence-electron chi connectivity index (χ1n) is 31.0. The number of aliphatic carboxylic acids is 1. The van der Waals surface area contributed by atoms with Gasteiger partial charge in [-0.05, 0) is 116 Å². The molecule has 446 valence electrons. The van der Waals surface area contributed by atoms with Crippen molar-refractivity contribution in [2.24, 2.45) is 0 Å². The monoisotopic (exact) mass is 1100 g/mol. The number of unbranched alkanes of at least 4 members (excludes halogenated alkanes) is 16. The number of carboxylic acids is 1. The number of nitrogens with zero attached hydrogens (tertiary/aromatic N) is 1. The molecule has 9 heteroatoms. The van der Waals surface area contributed by atoms with Crippen LogP contribution in [-0.4, -0.2) is 87.4 Å². The predicted octanol–water partition coefficient (Wildman–Crippen LogP) is 18.8. The lowest BCUT2D eigenvalue weighted by atomic mass is 10.0. The van der Waals surface area contributed by atoms with Crippen molar-refractivity contribution in [1.29, 1.82) is 0 Å². The molecule has 0 aliphatic carbocycles. The molecule has 9 nitrogen and oxygen atoms in total. The normalized spacial score (nSPS) is 13.8. The van der Waals surface area contributed by atoms with Crippen molar-refractivity contribution >= 4 is 17.9 Å². The standard InChI is InChI=1S/C70H113NO8/c1-6-8-10-12-14-16-18-20-22-24-26-27-28-29-30-31-32-33-34-35-36-37-38-39-40-41-43-45-47-49-51-53-55-57-59-61-68(73)79-66(65-78-70(69(74)75)76-63-62-71(3,4)5)64-77-67(72)60-58-56-54-52-50-48-46-44-42-25-23-21-19-17-15-13-11-9-7-2/h8-11,14-17,20-23,26-27,29-30,32-33,35-36,38-39,42,44,66,70H,6-7,12-13,18-19,24-25,28,31,34,37,40-41,43,45-65H2,1-5H3/p+1/b10-8-,11-9-,16-14-,17-15-,22-20-,23-21-,27-26-,30-29-,33-32-,36-35-,39-38-,44-42-. The molecule has 0 saturated carbocycles. The molecule has 0 spiro atoms. The molecule has 0 heterocycles. The Morgan fingerprint density at radius 2 is 0.684 bits per heavy atom. The lowest BCUT2D eigenvalue weighted by Crippen LogP contribution is -2.40. The van der Waals surface area contributed by atoms with Crippen LogP contribution in [0.2, 0.25) is 0 Å². The molecule has 0 aromatic heterocycles. The number of quaternary nitrogens is 1. The number of hydrogen-bond acceptors (Lipinski definition) is 7. The molecule has 0 bridgehead atoms. The van der Waals surface area contributed by atoms with Gasteiger partial charge in [-0.3, -0.25) is 9.59 Å². The van der Waals surface area contributed by atoms with Gasteiger partial charge in [0.1, 0.15) is 13.2 Å². The van der Waals surface area contributed by atoms with Crippen LogP contribution in [0.1, 0.15) is 219 Å². The fourth-order valence-electron chi connectivity index (χ4n) is 7.90. The second kappa shape index (κ2) is 59.3. The first-order valence-corrected chi connectivity index (χ1v) is 31.0. The van der Waals surface area contributed by atoms with Crippen LogP contribution >= 0.6 is 0 Å². The van der Waals surface area contributed by atoms with Gasteiger partial charge in [-0.15, -0.1) is 0 Å². The van der Waals surface area contributed by atoms with E-state index >= 15 is 0 Å². The highest BCUT2D eigenvalue weighted by Gasteiger charge is 2.25. The number of carbonyl (C=O) groups is 3. The zero-order chi connectivity index (χ0) is 57.6. The van der Waals surface area contributed by atoms with E-state index in [1.807, 2.05) is 21.1 Å². The molecular formula is C70H114NO8+. The summed E-state index contributed by atoms with van der Waals surface area (Å²) in [4.78, 5) is 37.5. The highest BCUT2D eigenvalue weighted by molar-refractivity contribution is 5.71. The third kappa shape index (κ3) is 60.7. The largest absolute Gasteiger partial charge is 0.477 e. The summed E-state index contributed by atoms with van der Waals surface area (Å²) in [6, 6.07) is 0. The Hall–Kier alpha value is -4.83. The summed E-state index contributed by atoms with van der Waals surface area (Å²) in [5.41, 5.74) is 0. The van der Waals surface area contributed by atoms with E-state index in [1.54, 1.807) is 0 Å². The summed E-state index contributed by atoms with van der Waals surface area (Å²) in [5, 5.41) is 9.72.